The number of nitrogens with one attached hydrogen (secondary N) is 2. The fourth-order valence-corrected chi connectivity index (χ4v) is 2.73. The highest BCUT2D eigenvalue weighted by molar-refractivity contribution is 7.13. The number of ether oxygens (including phenoxy) is 2. The van der Waals surface area contributed by atoms with Crippen molar-refractivity contribution in [2.24, 2.45) is 0 Å². The first-order valence-corrected chi connectivity index (χ1v) is 9.48. The van der Waals surface area contributed by atoms with Gasteiger partial charge in [0.05, 0.1) is 12.7 Å². The maximum absolute atomic E-state index is 12.7. The van der Waals surface area contributed by atoms with E-state index in [9.17, 15) is 9.59 Å². The summed E-state index contributed by atoms with van der Waals surface area (Å²) in [4.78, 5) is 28.9. The van der Waals surface area contributed by atoms with Crippen molar-refractivity contribution >= 4 is 28.5 Å². The minimum atomic E-state index is -0.938. The summed E-state index contributed by atoms with van der Waals surface area (Å²) in [5.41, 5.74) is 0.301. The van der Waals surface area contributed by atoms with Gasteiger partial charge < -0.3 is 20.1 Å². The molecular weight excluding hydrogens is 366 g/mol. The van der Waals surface area contributed by atoms with Gasteiger partial charge in [-0.3, -0.25) is 4.79 Å². The minimum absolute atomic E-state index is 0.318. The summed E-state index contributed by atoms with van der Waals surface area (Å²) < 4.78 is 11.1. The number of rotatable bonds is 7. The largest absolute Gasteiger partial charge is 0.444 e. The molecule has 2 atom stereocenters. The third kappa shape index (κ3) is 7.36. The quantitative estimate of drug-likeness (QED) is 0.753. The first-order valence-electron chi connectivity index (χ1n) is 8.60. The molecule has 0 unspecified atom stereocenters. The third-order valence-corrected chi connectivity index (χ3v) is 4.13. The van der Waals surface area contributed by atoms with Crippen LogP contribution in [0.25, 0.3) is 0 Å². The average Bonchev–Trinajstić information content (AvgIpc) is 3.10. The Labute approximate surface area is 163 Å². The molecule has 27 heavy (non-hydrogen) atoms. The summed E-state index contributed by atoms with van der Waals surface area (Å²) in [6.07, 6.45) is 0.320. The average molecular weight is 391 g/mol. The van der Waals surface area contributed by atoms with Gasteiger partial charge in [-0.05, 0) is 33.3 Å². The Hall–Kier alpha value is -2.45. The summed E-state index contributed by atoms with van der Waals surface area (Å²) >= 11 is 1.29. The molecule has 0 fully saturated rings. The van der Waals surface area contributed by atoms with Crippen molar-refractivity contribution in [2.75, 3.05) is 5.32 Å². The molecule has 7 nitrogen and oxygen atoms in total. The van der Waals surface area contributed by atoms with E-state index in [1.54, 1.807) is 39.3 Å². The highest BCUT2D eigenvalue weighted by Gasteiger charge is 2.30. The molecule has 1 heterocycles. The fourth-order valence-electron chi connectivity index (χ4n) is 2.20. The topological polar surface area (TPSA) is 89.5 Å². The lowest BCUT2D eigenvalue weighted by molar-refractivity contribution is -0.122. The Morgan fingerprint density at radius 2 is 1.93 bits per heavy atom. The van der Waals surface area contributed by atoms with Crippen LogP contribution < -0.4 is 10.6 Å². The van der Waals surface area contributed by atoms with Crippen LogP contribution in [0.15, 0.2) is 41.9 Å². The molecule has 1 aromatic carbocycles. The Kier molecular flexibility index (Phi) is 7.32. The van der Waals surface area contributed by atoms with E-state index >= 15 is 0 Å². The van der Waals surface area contributed by atoms with Crippen molar-refractivity contribution in [1.29, 1.82) is 0 Å². The molecule has 2 amide bonds. The summed E-state index contributed by atoms with van der Waals surface area (Å²) in [5.74, 6) is -0.420. The summed E-state index contributed by atoms with van der Waals surface area (Å²) in [5, 5.41) is 7.49. The molecule has 2 rings (SSSR count). The smallest absolute Gasteiger partial charge is 0.408 e. The number of alkyl carbamates (subject to hydrolysis) is 1. The maximum atomic E-state index is 12.7. The molecule has 0 aliphatic carbocycles. The first kappa shape index (κ1) is 20.9. The van der Waals surface area contributed by atoms with Crippen molar-refractivity contribution in [1.82, 2.24) is 10.3 Å². The van der Waals surface area contributed by atoms with E-state index in [1.165, 1.54) is 11.3 Å². The number of carbonyl (C=O) groups is 2. The zero-order valence-corrected chi connectivity index (χ0v) is 16.7. The normalized spacial score (nSPS) is 13.5. The molecule has 0 spiro atoms. The molecule has 146 valence electrons. The molecule has 2 aromatic rings. The molecular formula is C19H25N3O4S. The van der Waals surface area contributed by atoms with Gasteiger partial charge in [0.1, 0.15) is 11.6 Å². The number of hydrogen-bond donors (Lipinski definition) is 2. The van der Waals surface area contributed by atoms with Crippen molar-refractivity contribution in [3.63, 3.8) is 0 Å². The lowest BCUT2D eigenvalue weighted by Crippen LogP contribution is -2.52. The second-order valence-electron chi connectivity index (χ2n) is 6.95. The van der Waals surface area contributed by atoms with Gasteiger partial charge in [-0.15, -0.1) is 11.3 Å². The van der Waals surface area contributed by atoms with Gasteiger partial charge in [-0.2, -0.15) is 0 Å². The molecule has 1 aromatic heterocycles. The highest BCUT2D eigenvalue weighted by atomic mass is 32.1. The zero-order valence-electron chi connectivity index (χ0n) is 15.9. The molecule has 2 N–H and O–H groups in total. The molecule has 8 heteroatoms. The van der Waals surface area contributed by atoms with Gasteiger partial charge in [-0.1, -0.05) is 30.3 Å². The fraction of sp³-hybridized carbons (Fsp3) is 0.421. The van der Waals surface area contributed by atoms with Crippen molar-refractivity contribution in [2.45, 2.75) is 52.0 Å². The molecule has 0 saturated carbocycles. The van der Waals surface area contributed by atoms with Crippen LogP contribution in [0.4, 0.5) is 9.93 Å². The van der Waals surface area contributed by atoms with Crippen LogP contribution in [0.1, 0.15) is 33.3 Å². The van der Waals surface area contributed by atoms with Crippen molar-refractivity contribution in [3.8, 4) is 0 Å². The van der Waals surface area contributed by atoms with Crippen LogP contribution in [0, 0.1) is 0 Å². The summed E-state index contributed by atoms with van der Waals surface area (Å²) in [7, 11) is 0. The van der Waals surface area contributed by atoms with Crippen molar-refractivity contribution in [3.05, 3.63) is 47.5 Å². The zero-order chi connectivity index (χ0) is 19.9. The Morgan fingerprint density at radius 1 is 1.22 bits per heavy atom. The van der Waals surface area contributed by atoms with E-state index in [-0.39, 0.29) is 0 Å². The Bertz CT molecular complexity index is 729. The summed E-state index contributed by atoms with van der Waals surface area (Å²) in [6, 6.07) is 8.66. The monoisotopic (exact) mass is 391 g/mol. The van der Waals surface area contributed by atoms with Crippen LogP contribution in [0.2, 0.25) is 0 Å². The second kappa shape index (κ2) is 9.48. The SMILES string of the molecule is C[C@@H](OCc1ccccc1)[C@@H](NC(=O)OC(C)(C)C)C(=O)Nc1nccs1. The number of carbonyl (C=O) groups excluding carboxylic acids is 2. The van der Waals surface area contributed by atoms with E-state index < -0.39 is 29.7 Å². The van der Waals surface area contributed by atoms with Gasteiger partial charge in [0, 0.05) is 11.6 Å². The molecule has 0 radical (unpaired) electrons. The standard InChI is InChI=1S/C19H25N3O4S/c1-13(25-12-14-8-6-5-7-9-14)15(21-18(24)26-19(2,3)4)16(23)22-17-20-10-11-27-17/h5-11,13,15H,12H2,1-4H3,(H,21,24)(H,20,22,23)/t13-,15-/m1/s1. The maximum Gasteiger partial charge on any atom is 0.408 e. The van der Waals surface area contributed by atoms with Gasteiger partial charge >= 0.3 is 6.09 Å². The highest BCUT2D eigenvalue weighted by Crippen LogP contribution is 2.14. The number of benzene rings is 1. The van der Waals surface area contributed by atoms with Crippen LogP contribution in [0.5, 0.6) is 0 Å². The number of anilines is 1. The van der Waals surface area contributed by atoms with Gasteiger partial charge in [0.25, 0.3) is 5.91 Å². The lowest BCUT2D eigenvalue weighted by atomic mass is 10.1. The predicted molar refractivity (Wildman–Crippen MR) is 105 cm³/mol. The molecule has 0 bridgehead atoms. The van der Waals surface area contributed by atoms with Gasteiger partial charge in [-0.25, -0.2) is 9.78 Å². The third-order valence-electron chi connectivity index (χ3n) is 3.44. The van der Waals surface area contributed by atoms with Crippen molar-refractivity contribution < 1.29 is 19.1 Å². The van der Waals surface area contributed by atoms with Crippen LogP contribution in [0.3, 0.4) is 0 Å². The second-order valence-corrected chi connectivity index (χ2v) is 7.85. The van der Waals surface area contributed by atoms with E-state index in [0.29, 0.717) is 11.7 Å². The lowest BCUT2D eigenvalue weighted by Gasteiger charge is -2.26. The van der Waals surface area contributed by atoms with Gasteiger partial charge in [0.15, 0.2) is 5.13 Å². The molecule has 0 aliphatic heterocycles. The minimum Gasteiger partial charge on any atom is -0.444 e. The number of amides is 2. The number of hydrogen-bond acceptors (Lipinski definition) is 6. The van der Waals surface area contributed by atoms with E-state index in [1.807, 2.05) is 30.3 Å². The first-order chi connectivity index (χ1) is 12.7. The van der Waals surface area contributed by atoms with Gasteiger partial charge in [0.2, 0.25) is 0 Å². The Morgan fingerprint density at radius 3 is 2.52 bits per heavy atom. The Balaban J connectivity index is 2.04. The molecule has 0 saturated heterocycles. The van der Waals surface area contributed by atoms with Crippen LogP contribution in [-0.2, 0) is 20.9 Å². The number of nitrogens with zero attached hydrogens (tertiary/aromatic N) is 1. The van der Waals surface area contributed by atoms with E-state index in [2.05, 4.69) is 15.6 Å². The number of aromatic nitrogens is 1. The summed E-state index contributed by atoms with van der Waals surface area (Å²) in [6.45, 7) is 7.32. The number of thiazole rings is 1. The van der Waals surface area contributed by atoms with Crippen LogP contribution in [-0.4, -0.2) is 34.7 Å². The molecule has 0 aliphatic rings. The van der Waals surface area contributed by atoms with E-state index in [4.69, 9.17) is 9.47 Å². The predicted octanol–water partition coefficient (Wildman–Crippen LogP) is 3.58. The van der Waals surface area contributed by atoms with E-state index in [0.717, 1.165) is 5.56 Å². The van der Waals surface area contributed by atoms with Crippen LogP contribution >= 0.6 is 11.3 Å².